The van der Waals surface area contributed by atoms with E-state index in [0.717, 1.165) is 12.0 Å². The highest BCUT2D eigenvalue weighted by Gasteiger charge is 2.46. The molecule has 3 fully saturated rings. The van der Waals surface area contributed by atoms with E-state index in [1.807, 2.05) is 0 Å². The molecule has 2 aliphatic carbocycles. The maximum Gasteiger partial charge on any atom is 0.0309 e. The number of rotatable bonds is 4. The van der Waals surface area contributed by atoms with Gasteiger partial charge in [0.05, 0.1) is 0 Å². The average molecular weight is 264 g/mol. The second-order valence-corrected chi connectivity index (χ2v) is 8.06. The van der Waals surface area contributed by atoms with E-state index in [1.54, 1.807) is 0 Å². The summed E-state index contributed by atoms with van der Waals surface area (Å²) in [6.07, 6.45) is 10.0. The second-order valence-electron chi connectivity index (χ2n) is 8.06. The first-order valence-electron chi connectivity index (χ1n) is 8.54. The van der Waals surface area contributed by atoms with Gasteiger partial charge in [0.1, 0.15) is 0 Å². The molecule has 3 rings (SSSR count). The Bertz CT molecular complexity index is 315. The molecule has 0 bridgehead atoms. The van der Waals surface area contributed by atoms with Crippen LogP contribution in [0, 0.1) is 11.3 Å². The minimum absolute atomic E-state index is 0.403. The van der Waals surface area contributed by atoms with Gasteiger partial charge in [0.2, 0.25) is 0 Å². The Kier molecular flexibility index (Phi) is 3.68. The molecule has 2 atom stereocenters. The van der Waals surface area contributed by atoms with E-state index < -0.39 is 0 Å². The molecule has 1 heterocycles. The van der Waals surface area contributed by atoms with Crippen molar-refractivity contribution >= 4 is 0 Å². The second kappa shape index (κ2) is 5.04. The molecule has 1 N–H and O–H groups in total. The summed E-state index contributed by atoms with van der Waals surface area (Å²) < 4.78 is 0. The molecule has 1 aliphatic heterocycles. The average Bonchev–Trinajstić information content (AvgIpc) is 3.15. The summed E-state index contributed by atoms with van der Waals surface area (Å²) in [5.74, 6) is 0.948. The van der Waals surface area contributed by atoms with Crippen molar-refractivity contribution in [3.05, 3.63) is 0 Å². The lowest BCUT2D eigenvalue weighted by Gasteiger charge is -2.49. The van der Waals surface area contributed by atoms with Crippen LogP contribution >= 0.6 is 0 Å². The fourth-order valence-corrected chi connectivity index (χ4v) is 4.55. The van der Waals surface area contributed by atoms with Crippen LogP contribution in [0.3, 0.4) is 0 Å². The molecule has 2 heteroatoms. The van der Waals surface area contributed by atoms with E-state index in [4.69, 9.17) is 0 Å². The minimum Gasteiger partial charge on any atom is -0.308 e. The van der Waals surface area contributed by atoms with Crippen LogP contribution in [0.2, 0.25) is 0 Å². The monoisotopic (exact) mass is 264 g/mol. The Balaban J connectivity index is 1.68. The normalized spacial score (nSPS) is 39.6. The summed E-state index contributed by atoms with van der Waals surface area (Å²) in [6, 6.07) is 0.768. The fourth-order valence-electron chi connectivity index (χ4n) is 4.55. The number of hydrogen-bond donors (Lipinski definition) is 1. The van der Waals surface area contributed by atoms with Gasteiger partial charge >= 0.3 is 0 Å². The summed E-state index contributed by atoms with van der Waals surface area (Å²) in [7, 11) is 0. The standard InChI is InChI=1S/C17H32N2/c1-4-15-11-18-17(3,14-7-8-14)13-19(15)12-16(2)9-5-6-10-16/h14-15,18H,4-13H2,1-3H3. The van der Waals surface area contributed by atoms with E-state index in [0.29, 0.717) is 11.0 Å². The summed E-state index contributed by atoms with van der Waals surface area (Å²) >= 11 is 0. The van der Waals surface area contributed by atoms with E-state index in [1.165, 1.54) is 64.6 Å². The molecule has 110 valence electrons. The molecule has 0 radical (unpaired) electrons. The van der Waals surface area contributed by atoms with Crippen molar-refractivity contribution in [2.45, 2.75) is 77.3 Å². The van der Waals surface area contributed by atoms with Gasteiger partial charge in [-0.3, -0.25) is 4.90 Å². The van der Waals surface area contributed by atoms with Gasteiger partial charge < -0.3 is 5.32 Å². The molecule has 0 spiro atoms. The van der Waals surface area contributed by atoms with Crippen molar-refractivity contribution in [1.82, 2.24) is 10.2 Å². The summed E-state index contributed by atoms with van der Waals surface area (Å²) in [6.45, 7) is 11.2. The van der Waals surface area contributed by atoms with Crippen LogP contribution in [0.1, 0.15) is 65.7 Å². The molecule has 2 unspecified atom stereocenters. The quantitative estimate of drug-likeness (QED) is 0.837. The van der Waals surface area contributed by atoms with E-state index in [9.17, 15) is 0 Å². The summed E-state index contributed by atoms with van der Waals surface area (Å²) in [4.78, 5) is 2.85. The van der Waals surface area contributed by atoms with Crippen molar-refractivity contribution in [1.29, 1.82) is 0 Å². The molecular weight excluding hydrogens is 232 g/mol. The highest BCUT2D eigenvalue weighted by molar-refractivity contribution is 5.04. The zero-order valence-corrected chi connectivity index (χ0v) is 13.2. The van der Waals surface area contributed by atoms with Gasteiger partial charge in [0.25, 0.3) is 0 Å². The minimum atomic E-state index is 0.403. The molecule has 0 amide bonds. The molecule has 3 aliphatic rings. The van der Waals surface area contributed by atoms with E-state index >= 15 is 0 Å². The molecule has 0 aromatic carbocycles. The Hall–Kier alpha value is -0.0800. The third-order valence-electron chi connectivity index (χ3n) is 6.13. The third-order valence-corrected chi connectivity index (χ3v) is 6.13. The SMILES string of the molecule is CCC1CNC(C)(C2CC2)CN1CC1(C)CCCC1. The van der Waals surface area contributed by atoms with Gasteiger partial charge in [-0.05, 0) is 50.4 Å². The van der Waals surface area contributed by atoms with Crippen molar-refractivity contribution < 1.29 is 0 Å². The van der Waals surface area contributed by atoms with Crippen molar-refractivity contribution in [2.75, 3.05) is 19.6 Å². The first-order chi connectivity index (χ1) is 9.05. The van der Waals surface area contributed by atoms with Gasteiger partial charge in [0.15, 0.2) is 0 Å². The first-order valence-corrected chi connectivity index (χ1v) is 8.54. The molecular formula is C17H32N2. The van der Waals surface area contributed by atoms with Gasteiger partial charge in [-0.25, -0.2) is 0 Å². The Morgan fingerprint density at radius 3 is 2.42 bits per heavy atom. The summed E-state index contributed by atoms with van der Waals surface area (Å²) in [5, 5.41) is 3.88. The number of nitrogens with zero attached hydrogens (tertiary/aromatic N) is 1. The highest BCUT2D eigenvalue weighted by Crippen LogP contribution is 2.43. The lowest BCUT2D eigenvalue weighted by Crippen LogP contribution is -2.64. The van der Waals surface area contributed by atoms with Crippen LogP contribution in [0.25, 0.3) is 0 Å². The van der Waals surface area contributed by atoms with Crippen molar-refractivity contribution in [2.24, 2.45) is 11.3 Å². The smallest absolute Gasteiger partial charge is 0.0309 e. The van der Waals surface area contributed by atoms with Crippen LogP contribution in [0.15, 0.2) is 0 Å². The van der Waals surface area contributed by atoms with Crippen LogP contribution in [0.4, 0.5) is 0 Å². The molecule has 2 nitrogen and oxygen atoms in total. The number of nitrogens with one attached hydrogen (secondary N) is 1. The largest absolute Gasteiger partial charge is 0.308 e. The van der Waals surface area contributed by atoms with E-state index in [-0.39, 0.29) is 0 Å². The number of hydrogen-bond acceptors (Lipinski definition) is 2. The first kappa shape index (κ1) is 13.9. The van der Waals surface area contributed by atoms with Crippen LogP contribution in [-0.2, 0) is 0 Å². The Morgan fingerprint density at radius 1 is 1.16 bits per heavy atom. The third kappa shape index (κ3) is 2.85. The lowest BCUT2D eigenvalue weighted by molar-refractivity contribution is 0.0393. The highest BCUT2D eigenvalue weighted by atomic mass is 15.3. The molecule has 2 saturated carbocycles. The zero-order chi connectivity index (χ0) is 13.5. The van der Waals surface area contributed by atoms with Crippen LogP contribution < -0.4 is 5.32 Å². The zero-order valence-electron chi connectivity index (χ0n) is 13.2. The van der Waals surface area contributed by atoms with Crippen molar-refractivity contribution in [3.8, 4) is 0 Å². The molecule has 0 aromatic rings. The number of piperazine rings is 1. The van der Waals surface area contributed by atoms with Gasteiger partial charge in [-0.1, -0.05) is 26.7 Å². The van der Waals surface area contributed by atoms with Gasteiger partial charge in [-0.15, -0.1) is 0 Å². The lowest BCUT2D eigenvalue weighted by atomic mass is 9.84. The van der Waals surface area contributed by atoms with Crippen LogP contribution in [0.5, 0.6) is 0 Å². The maximum atomic E-state index is 3.88. The Morgan fingerprint density at radius 2 is 1.84 bits per heavy atom. The Labute approximate surface area is 119 Å². The topological polar surface area (TPSA) is 15.3 Å². The maximum absolute atomic E-state index is 3.88. The fraction of sp³-hybridized carbons (Fsp3) is 1.00. The van der Waals surface area contributed by atoms with Gasteiger partial charge in [-0.2, -0.15) is 0 Å². The van der Waals surface area contributed by atoms with Gasteiger partial charge in [0, 0.05) is 31.2 Å². The predicted octanol–water partition coefficient (Wildman–Crippen LogP) is 3.42. The molecule has 19 heavy (non-hydrogen) atoms. The van der Waals surface area contributed by atoms with Crippen molar-refractivity contribution in [3.63, 3.8) is 0 Å². The summed E-state index contributed by atoms with van der Waals surface area (Å²) in [5.41, 5.74) is 1.01. The van der Waals surface area contributed by atoms with E-state index in [2.05, 4.69) is 31.0 Å². The molecule has 0 aromatic heterocycles. The molecule has 1 saturated heterocycles. The van der Waals surface area contributed by atoms with Crippen LogP contribution in [-0.4, -0.2) is 36.1 Å². The predicted molar refractivity (Wildman–Crippen MR) is 81.4 cm³/mol.